The minimum absolute atomic E-state index is 0.0504. The summed E-state index contributed by atoms with van der Waals surface area (Å²) in [6.45, 7) is 0. The number of pyridine rings is 1. The lowest BCUT2D eigenvalue weighted by atomic mass is 10.0. The Morgan fingerprint density at radius 1 is 0.696 bits per heavy atom. The highest BCUT2D eigenvalue weighted by Crippen LogP contribution is 2.33. The summed E-state index contributed by atoms with van der Waals surface area (Å²) >= 11 is 0. The first-order valence-electron chi connectivity index (χ1n) is 6.75. The average Bonchev–Trinajstić information content (AvgIpc) is 3.12. The van der Waals surface area contributed by atoms with E-state index in [4.69, 9.17) is 0 Å². The molecule has 0 aliphatic heterocycles. The van der Waals surface area contributed by atoms with Gasteiger partial charge in [-0.2, -0.15) is 0 Å². The lowest BCUT2D eigenvalue weighted by molar-refractivity contribution is 1.26. The third-order valence-corrected chi connectivity index (χ3v) is 4.18. The molecule has 0 aliphatic carbocycles. The Bertz CT molecular complexity index is 1490. The van der Waals surface area contributed by atoms with E-state index in [1.807, 2.05) is 0 Å². The van der Waals surface area contributed by atoms with Crippen LogP contribution in [0.3, 0.4) is 0 Å². The molecule has 3 N–H and O–H groups in total. The molecular weight excluding hydrogens is 300 g/mol. The molecule has 0 saturated carbocycles. The molecule has 5 rings (SSSR count). The van der Waals surface area contributed by atoms with Crippen LogP contribution in [0.5, 0.6) is 0 Å². The molecule has 0 radical (unpaired) electrons. The lowest BCUT2D eigenvalue weighted by Crippen LogP contribution is -2.08. The van der Waals surface area contributed by atoms with Crippen molar-refractivity contribution in [2.75, 3.05) is 0 Å². The first-order valence-corrected chi connectivity index (χ1v) is 6.75. The minimum Gasteiger partial charge on any atom is -0.339 e. The summed E-state index contributed by atoms with van der Waals surface area (Å²) in [6, 6.07) is 3.42. The Morgan fingerprint density at radius 3 is 1.96 bits per heavy atom. The van der Waals surface area contributed by atoms with Gasteiger partial charge >= 0.3 is 0 Å². The van der Waals surface area contributed by atoms with E-state index in [9.17, 15) is 19.2 Å². The van der Waals surface area contributed by atoms with Crippen molar-refractivity contribution in [3.8, 4) is 0 Å². The molecule has 8 nitrogen and oxygen atoms in total. The molecular formula is C15H6N4O4. The van der Waals surface area contributed by atoms with Crippen LogP contribution in [0.25, 0.3) is 43.5 Å². The normalized spacial score (nSPS) is 12.2. The zero-order valence-electron chi connectivity index (χ0n) is 11.3. The predicted octanol–water partition coefficient (Wildman–Crippen LogP) is -0.00490. The molecule has 8 heteroatoms. The van der Waals surface area contributed by atoms with Crippen molar-refractivity contribution in [3.05, 3.63) is 59.7 Å². The van der Waals surface area contributed by atoms with Crippen molar-refractivity contribution in [2.24, 2.45) is 0 Å². The maximum absolute atomic E-state index is 12.2. The Hall–Kier alpha value is -3.55. The molecule has 23 heavy (non-hydrogen) atoms. The van der Waals surface area contributed by atoms with E-state index >= 15 is 0 Å². The lowest BCUT2D eigenvalue weighted by Gasteiger charge is -1.95. The molecule has 5 aromatic rings. The fraction of sp³-hybridized carbons (Fsp3) is 0. The van der Waals surface area contributed by atoms with Gasteiger partial charge in [0.1, 0.15) is 5.65 Å². The van der Waals surface area contributed by atoms with Gasteiger partial charge in [-0.05, 0) is 12.1 Å². The van der Waals surface area contributed by atoms with Crippen LogP contribution in [-0.2, 0) is 0 Å². The van der Waals surface area contributed by atoms with Crippen LogP contribution in [0.1, 0.15) is 0 Å². The largest absolute Gasteiger partial charge is 0.339 e. The summed E-state index contributed by atoms with van der Waals surface area (Å²) in [5.74, 6) is 0. The molecule has 4 aromatic heterocycles. The highest BCUT2D eigenvalue weighted by molar-refractivity contribution is 6.30. The van der Waals surface area contributed by atoms with Gasteiger partial charge in [-0.15, -0.1) is 0 Å². The maximum atomic E-state index is 12.2. The van der Waals surface area contributed by atoms with Gasteiger partial charge in [0.15, 0.2) is 0 Å². The summed E-state index contributed by atoms with van der Waals surface area (Å²) in [5.41, 5.74) is -1.74. The zero-order chi connectivity index (χ0) is 15.9. The first-order chi connectivity index (χ1) is 11.1. The van der Waals surface area contributed by atoms with E-state index in [0.29, 0.717) is 21.9 Å². The second-order valence-corrected chi connectivity index (χ2v) is 5.34. The van der Waals surface area contributed by atoms with Crippen molar-refractivity contribution in [1.29, 1.82) is 0 Å². The minimum atomic E-state index is -0.681. The third kappa shape index (κ3) is 1.24. The summed E-state index contributed by atoms with van der Waals surface area (Å²) < 4.78 is 0. The fourth-order valence-corrected chi connectivity index (χ4v) is 3.33. The first kappa shape index (κ1) is 12.0. The van der Waals surface area contributed by atoms with Crippen LogP contribution in [0.4, 0.5) is 0 Å². The second-order valence-electron chi connectivity index (χ2n) is 5.34. The highest BCUT2D eigenvalue weighted by atomic mass is 16.2. The fourth-order valence-electron chi connectivity index (χ4n) is 3.33. The van der Waals surface area contributed by atoms with Crippen LogP contribution in [0.2, 0.25) is 0 Å². The number of hydrogen-bond acceptors (Lipinski definition) is 5. The summed E-state index contributed by atoms with van der Waals surface area (Å²) in [5, 5.41) is 1.10. The standard InChI is InChI=1S/C15H6N4O4/c20-12-6-5-4-2-1-3-16-11(4)17-10(5)9-8(7(6)13(21)18-12)14(22)19-15(9)23/h1-3H,(H,16,17)(H,18,20,21)(H,19,22,23). The summed E-state index contributed by atoms with van der Waals surface area (Å²) in [6.07, 6.45) is 1.56. The SMILES string of the molecule is O=c1[nH]c(=O)c2c1c1[nH]c3ncccc3c1c1c(=O)[nH]c(=O)c21. The zero-order valence-corrected chi connectivity index (χ0v) is 11.3. The number of benzene rings is 1. The number of nitrogens with zero attached hydrogens (tertiary/aromatic N) is 1. The van der Waals surface area contributed by atoms with Crippen molar-refractivity contribution >= 4 is 43.5 Å². The highest BCUT2D eigenvalue weighted by Gasteiger charge is 2.23. The second kappa shape index (κ2) is 3.61. The smallest absolute Gasteiger partial charge is 0.261 e. The average molecular weight is 306 g/mol. The molecule has 0 unspecified atom stereocenters. The van der Waals surface area contributed by atoms with Crippen molar-refractivity contribution in [2.45, 2.75) is 0 Å². The van der Waals surface area contributed by atoms with Crippen molar-refractivity contribution in [1.82, 2.24) is 19.9 Å². The van der Waals surface area contributed by atoms with Gasteiger partial charge in [0.25, 0.3) is 22.2 Å². The van der Waals surface area contributed by atoms with Crippen molar-refractivity contribution < 1.29 is 0 Å². The van der Waals surface area contributed by atoms with E-state index in [0.717, 1.165) is 0 Å². The number of fused-ring (bicyclic) bond motifs is 8. The number of H-pyrrole nitrogens is 3. The van der Waals surface area contributed by atoms with Gasteiger partial charge in [-0.25, -0.2) is 4.98 Å². The van der Waals surface area contributed by atoms with Crippen LogP contribution >= 0.6 is 0 Å². The van der Waals surface area contributed by atoms with Gasteiger partial charge in [-0.1, -0.05) is 0 Å². The molecule has 4 heterocycles. The summed E-state index contributed by atoms with van der Waals surface area (Å²) in [7, 11) is 0. The molecule has 0 aliphatic rings. The molecule has 110 valence electrons. The Balaban J connectivity index is 2.41. The molecule has 1 aromatic carbocycles. The van der Waals surface area contributed by atoms with Crippen LogP contribution < -0.4 is 22.2 Å². The number of aromatic amines is 3. The quantitative estimate of drug-likeness (QED) is 0.371. The van der Waals surface area contributed by atoms with Crippen molar-refractivity contribution in [3.63, 3.8) is 0 Å². The van der Waals surface area contributed by atoms with E-state index in [1.165, 1.54) is 0 Å². The number of nitrogens with one attached hydrogen (secondary N) is 3. The maximum Gasteiger partial charge on any atom is 0.261 e. The Kier molecular flexibility index (Phi) is 1.89. The summed E-state index contributed by atoms with van der Waals surface area (Å²) in [4.78, 5) is 60.1. The molecule has 0 saturated heterocycles. The van der Waals surface area contributed by atoms with E-state index < -0.39 is 22.2 Å². The van der Waals surface area contributed by atoms with Gasteiger partial charge < -0.3 is 4.98 Å². The Morgan fingerprint density at radius 2 is 1.26 bits per heavy atom. The van der Waals surface area contributed by atoms with Gasteiger partial charge in [-0.3, -0.25) is 29.1 Å². The predicted molar refractivity (Wildman–Crippen MR) is 84.8 cm³/mol. The van der Waals surface area contributed by atoms with Gasteiger partial charge in [0.05, 0.1) is 27.1 Å². The van der Waals surface area contributed by atoms with E-state index in [1.54, 1.807) is 18.3 Å². The Labute approximate surface area is 124 Å². The van der Waals surface area contributed by atoms with E-state index in [-0.39, 0.29) is 21.5 Å². The number of aromatic nitrogens is 4. The third-order valence-electron chi connectivity index (χ3n) is 4.18. The molecule has 0 atom stereocenters. The van der Waals surface area contributed by atoms with Gasteiger partial charge in [0.2, 0.25) is 0 Å². The topological polar surface area (TPSA) is 129 Å². The monoisotopic (exact) mass is 306 g/mol. The molecule has 0 bridgehead atoms. The molecule has 0 spiro atoms. The number of rotatable bonds is 0. The van der Waals surface area contributed by atoms with Crippen LogP contribution in [0, 0.1) is 0 Å². The number of hydrogen-bond donors (Lipinski definition) is 3. The van der Waals surface area contributed by atoms with Crippen LogP contribution in [-0.4, -0.2) is 19.9 Å². The van der Waals surface area contributed by atoms with E-state index in [2.05, 4.69) is 19.9 Å². The molecule has 0 amide bonds. The van der Waals surface area contributed by atoms with Crippen LogP contribution in [0.15, 0.2) is 37.5 Å². The van der Waals surface area contributed by atoms with Gasteiger partial charge in [0, 0.05) is 17.0 Å². The molecule has 0 fully saturated rings.